The fourth-order valence-corrected chi connectivity index (χ4v) is 4.16. The summed E-state index contributed by atoms with van der Waals surface area (Å²) < 4.78 is 13.1. The van der Waals surface area contributed by atoms with Gasteiger partial charge < -0.3 is 19.9 Å². The molecule has 5 rings (SSSR count). The molecule has 2 N–H and O–H groups in total. The Hall–Kier alpha value is -3.31. The molecule has 3 aliphatic heterocycles. The molecule has 0 aromatic heterocycles. The van der Waals surface area contributed by atoms with Crippen molar-refractivity contribution in [1.82, 2.24) is 5.32 Å². The van der Waals surface area contributed by atoms with Gasteiger partial charge in [-0.1, -0.05) is 30.3 Å². The van der Waals surface area contributed by atoms with E-state index in [2.05, 4.69) is 40.4 Å². The van der Waals surface area contributed by atoms with Crippen molar-refractivity contribution in [2.45, 2.75) is 32.2 Å². The SMILES string of the molecule is Oc1ccccc1C1=CCC2=[N+](C=C2)C(CCCCNCc2ccc3c(c2)OCO3)=C1. The monoisotopic (exact) mass is 415 g/mol. The van der Waals surface area contributed by atoms with E-state index < -0.39 is 0 Å². The lowest BCUT2D eigenvalue weighted by molar-refractivity contribution is -0.415. The molecule has 2 aromatic carbocycles. The molecule has 0 bridgehead atoms. The third kappa shape index (κ3) is 4.28. The van der Waals surface area contributed by atoms with Crippen LogP contribution in [0.15, 0.2) is 72.6 Å². The van der Waals surface area contributed by atoms with Gasteiger partial charge in [0.2, 0.25) is 6.79 Å². The third-order valence-corrected chi connectivity index (χ3v) is 5.91. The van der Waals surface area contributed by atoms with Gasteiger partial charge in [-0.25, -0.2) is 0 Å². The normalized spacial score (nSPS) is 16.4. The average Bonchev–Trinajstić information content (AvgIpc) is 3.18. The van der Waals surface area contributed by atoms with Crippen LogP contribution >= 0.6 is 0 Å². The summed E-state index contributed by atoms with van der Waals surface area (Å²) in [5.41, 5.74) is 5.81. The number of aromatic hydroxyl groups is 1. The lowest BCUT2D eigenvalue weighted by Crippen LogP contribution is -2.21. The van der Waals surface area contributed by atoms with Crippen LogP contribution in [0.25, 0.3) is 5.57 Å². The molecule has 0 unspecified atom stereocenters. The number of rotatable bonds is 8. The van der Waals surface area contributed by atoms with Crippen LogP contribution in [0.5, 0.6) is 17.2 Å². The first kappa shape index (κ1) is 19.6. The van der Waals surface area contributed by atoms with Crippen LogP contribution in [-0.2, 0) is 6.54 Å². The second-order valence-corrected chi connectivity index (χ2v) is 8.01. The summed E-state index contributed by atoms with van der Waals surface area (Å²) in [4.78, 5) is 0. The van der Waals surface area contributed by atoms with Crippen molar-refractivity contribution < 1.29 is 19.2 Å². The van der Waals surface area contributed by atoms with Crippen LogP contribution in [0.3, 0.4) is 0 Å². The molecule has 0 saturated heterocycles. The van der Waals surface area contributed by atoms with Crippen molar-refractivity contribution in [3.63, 3.8) is 0 Å². The molecule has 0 aliphatic carbocycles. The topological polar surface area (TPSA) is 53.7 Å². The highest BCUT2D eigenvalue weighted by atomic mass is 16.7. The third-order valence-electron chi connectivity index (χ3n) is 5.91. The summed E-state index contributed by atoms with van der Waals surface area (Å²) in [6.07, 6.45) is 12.8. The minimum atomic E-state index is 0.314. The molecule has 0 saturated carbocycles. The summed E-state index contributed by atoms with van der Waals surface area (Å²) in [6, 6.07) is 13.7. The zero-order chi connectivity index (χ0) is 21.0. The van der Waals surface area contributed by atoms with Gasteiger partial charge in [0.15, 0.2) is 29.1 Å². The number of ether oxygens (including phenoxy) is 2. The number of fused-ring (bicyclic) bond motifs is 1. The smallest absolute Gasteiger partial charge is 0.231 e. The van der Waals surface area contributed by atoms with E-state index in [9.17, 15) is 5.11 Å². The number of para-hydroxylation sites is 1. The first-order valence-electron chi connectivity index (χ1n) is 10.9. The van der Waals surface area contributed by atoms with Crippen molar-refractivity contribution in [2.24, 2.45) is 0 Å². The van der Waals surface area contributed by atoms with Gasteiger partial charge in [-0.15, -0.1) is 0 Å². The first-order chi connectivity index (χ1) is 15.3. The molecular formula is C26H27N2O3+. The largest absolute Gasteiger partial charge is 0.507 e. The average molecular weight is 416 g/mol. The Morgan fingerprint density at radius 3 is 2.81 bits per heavy atom. The Morgan fingerprint density at radius 2 is 1.94 bits per heavy atom. The molecule has 2 aromatic rings. The van der Waals surface area contributed by atoms with Gasteiger partial charge in [-0.2, -0.15) is 4.58 Å². The molecule has 158 valence electrons. The molecule has 3 aliphatic rings. The lowest BCUT2D eigenvalue weighted by Gasteiger charge is -2.10. The molecule has 0 atom stereocenters. The van der Waals surface area contributed by atoms with Gasteiger partial charge in [0.1, 0.15) is 5.75 Å². The van der Waals surface area contributed by atoms with Crippen LogP contribution in [0, 0.1) is 0 Å². The molecule has 0 radical (unpaired) electrons. The number of benzene rings is 2. The Bertz CT molecular complexity index is 1110. The highest BCUT2D eigenvalue weighted by Gasteiger charge is 2.26. The van der Waals surface area contributed by atoms with Crippen molar-refractivity contribution >= 4 is 11.3 Å². The van der Waals surface area contributed by atoms with Crippen molar-refractivity contribution in [2.75, 3.05) is 13.3 Å². The van der Waals surface area contributed by atoms with Gasteiger partial charge in [-0.05, 0) is 48.7 Å². The lowest BCUT2D eigenvalue weighted by atomic mass is 10.0. The standard InChI is InChI=1S/C26H26N2O3/c29-24-7-2-1-6-23(24)20-9-10-21-12-14-28(21)22(16-20)5-3-4-13-27-17-19-8-11-25-26(15-19)31-18-30-25/h1-2,6-9,11-12,14-16,27H,3-5,10,13,17-18H2/p+1. The maximum absolute atomic E-state index is 10.3. The molecule has 5 heteroatoms. The van der Waals surface area contributed by atoms with Gasteiger partial charge in [0.25, 0.3) is 0 Å². The zero-order valence-corrected chi connectivity index (χ0v) is 17.5. The van der Waals surface area contributed by atoms with E-state index in [1.54, 1.807) is 6.07 Å². The first-order valence-corrected chi connectivity index (χ1v) is 10.9. The number of nitrogens with zero attached hydrogens (tertiary/aromatic N) is 1. The maximum Gasteiger partial charge on any atom is 0.231 e. The summed E-state index contributed by atoms with van der Waals surface area (Å²) in [5.74, 6) is 2.00. The van der Waals surface area contributed by atoms with Crippen LogP contribution < -0.4 is 14.8 Å². The number of nitrogens with one attached hydrogen (secondary N) is 1. The van der Waals surface area contributed by atoms with E-state index >= 15 is 0 Å². The van der Waals surface area contributed by atoms with E-state index in [0.29, 0.717) is 12.5 Å². The molecule has 31 heavy (non-hydrogen) atoms. The maximum atomic E-state index is 10.3. The molecule has 0 spiro atoms. The second-order valence-electron chi connectivity index (χ2n) is 8.01. The Kier molecular flexibility index (Phi) is 5.59. The number of allylic oxidation sites excluding steroid dienone is 5. The summed E-state index contributed by atoms with van der Waals surface area (Å²) >= 11 is 0. The van der Waals surface area contributed by atoms with Crippen LogP contribution in [0.1, 0.15) is 36.8 Å². The van der Waals surface area contributed by atoms with Gasteiger partial charge in [0.05, 0.1) is 12.5 Å². The van der Waals surface area contributed by atoms with E-state index in [1.165, 1.54) is 17.0 Å². The molecule has 5 nitrogen and oxygen atoms in total. The van der Waals surface area contributed by atoms with Crippen LogP contribution in [0.2, 0.25) is 0 Å². The van der Waals surface area contributed by atoms with E-state index in [0.717, 1.165) is 61.4 Å². The minimum absolute atomic E-state index is 0.314. The Labute approximate surface area is 182 Å². The van der Waals surface area contributed by atoms with E-state index in [1.807, 2.05) is 30.3 Å². The van der Waals surface area contributed by atoms with Crippen LogP contribution in [0.4, 0.5) is 0 Å². The number of phenols is 1. The number of unbranched alkanes of at least 4 members (excludes halogenated alkanes) is 1. The molecule has 0 amide bonds. The fourth-order valence-electron chi connectivity index (χ4n) is 4.16. The Morgan fingerprint density at radius 1 is 1.03 bits per heavy atom. The highest BCUT2D eigenvalue weighted by Crippen LogP contribution is 2.33. The Balaban J connectivity index is 1.14. The van der Waals surface area contributed by atoms with Crippen molar-refractivity contribution in [3.05, 3.63) is 83.7 Å². The number of hydrogen-bond donors (Lipinski definition) is 2. The number of hydrogen-bond acceptors (Lipinski definition) is 4. The molecular weight excluding hydrogens is 388 g/mol. The number of phenolic OH excluding ortho intramolecular Hbond substituents is 1. The second kappa shape index (κ2) is 8.82. The minimum Gasteiger partial charge on any atom is -0.507 e. The quantitative estimate of drug-likeness (QED) is 0.483. The van der Waals surface area contributed by atoms with Gasteiger partial charge in [0, 0.05) is 24.6 Å². The predicted molar refractivity (Wildman–Crippen MR) is 121 cm³/mol. The zero-order valence-electron chi connectivity index (χ0n) is 17.5. The van der Waals surface area contributed by atoms with Crippen molar-refractivity contribution in [3.8, 4) is 17.2 Å². The summed E-state index contributed by atoms with van der Waals surface area (Å²) in [7, 11) is 0. The highest BCUT2D eigenvalue weighted by molar-refractivity contribution is 5.97. The predicted octanol–water partition coefficient (Wildman–Crippen LogP) is 4.73. The summed E-state index contributed by atoms with van der Waals surface area (Å²) in [5, 5.41) is 13.8. The van der Waals surface area contributed by atoms with Gasteiger partial charge >= 0.3 is 0 Å². The van der Waals surface area contributed by atoms with E-state index in [-0.39, 0.29) is 0 Å². The molecule has 3 heterocycles. The molecule has 0 fully saturated rings. The van der Waals surface area contributed by atoms with Gasteiger partial charge in [-0.3, -0.25) is 0 Å². The van der Waals surface area contributed by atoms with E-state index in [4.69, 9.17) is 9.47 Å². The van der Waals surface area contributed by atoms with Crippen molar-refractivity contribution in [1.29, 1.82) is 0 Å². The van der Waals surface area contributed by atoms with Crippen LogP contribution in [-0.4, -0.2) is 28.7 Å². The fraction of sp³-hybridized carbons (Fsp3) is 0.269. The summed E-state index contributed by atoms with van der Waals surface area (Å²) in [6.45, 7) is 2.11.